The number of hydrogen-bond donors (Lipinski definition) is 1. The van der Waals surface area contributed by atoms with Crippen LogP contribution in [0.3, 0.4) is 0 Å². The highest BCUT2D eigenvalue weighted by Gasteiger charge is 2.22. The molecular weight excluding hydrogens is 246 g/mol. The Morgan fingerprint density at radius 2 is 2.00 bits per heavy atom. The van der Waals surface area contributed by atoms with Crippen LogP contribution in [0.2, 0.25) is 0 Å². The maximum atomic E-state index is 11.8. The average molecular weight is 268 g/mol. The van der Waals surface area contributed by atoms with E-state index < -0.39 is 0 Å². The number of hydrogen-bond acceptors (Lipinski definition) is 1. The van der Waals surface area contributed by atoms with E-state index in [2.05, 4.69) is 17.4 Å². The molecule has 0 saturated carbocycles. The lowest BCUT2D eigenvalue weighted by molar-refractivity contribution is -0.122. The summed E-state index contributed by atoms with van der Waals surface area (Å²) in [5, 5.41) is 3.01. The number of halogens is 1. The highest BCUT2D eigenvalue weighted by atomic mass is 35.5. The second kappa shape index (κ2) is 7.42. The van der Waals surface area contributed by atoms with Crippen LogP contribution in [-0.4, -0.2) is 17.3 Å². The molecular formula is C15H22ClNO. The van der Waals surface area contributed by atoms with Gasteiger partial charge in [0.05, 0.1) is 5.54 Å². The van der Waals surface area contributed by atoms with Gasteiger partial charge in [-0.1, -0.05) is 37.3 Å². The molecule has 0 spiro atoms. The smallest absolute Gasteiger partial charge is 0.220 e. The lowest BCUT2D eigenvalue weighted by Gasteiger charge is -2.27. The van der Waals surface area contributed by atoms with E-state index in [0.29, 0.717) is 12.3 Å². The molecule has 2 nitrogen and oxygen atoms in total. The standard InChI is InChI=1S/C15H22ClNO/c1-3-15(2,12-16)17-14(18)11-7-10-13-8-5-4-6-9-13/h4-6,8-9H,3,7,10-12H2,1-2H3,(H,17,18). The maximum Gasteiger partial charge on any atom is 0.220 e. The normalized spacial score (nSPS) is 13.9. The molecule has 0 bridgehead atoms. The monoisotopic (exact) mass is 267 g/mol. The number of nitrogens with one attached hydrogen (secondary N) is 1. The third-order valence-corrected chi connectivity index (χ3v) is 3.82. The minimum absolute atomic E-state index is 0.0935. The lowest BCUT2D eigenvalue weighted by atomic mass is 10.0. The zero-order valence-electron chi connectivity index (χ0n) is 11.2. The van der Waals surface area contributed by atoms with Gasteiger partial charge in [0, 0.05) is 12.3 Å². The van der Waals surface area contributed by atoms with Gasteiger partial charge >= 0.3 is 0 Å². The van der Waals surface area contributed by atoms with Crippen LogP contribution in [0.5, 0.6) is 0 Å². The number of amides is 1. The van der Waals surface area contributed by atoms with Crippen molar-refractivity contribution in [2.75, 3.05) is 5.88 Å². The van der Waals surface area contributed by atoms with E-state index >= 15 is 0 Å². The molecule has 0 fully saturated rings. The van der Waals surface area contributed by atoms with Gasteiger partial charge < -0.3 is 5.32 Å². The Kier molecular flexibility index (Phi) is 6.20. The van der Waals surface area contributed by atoms with Gasteiger partial charge in [-0.15, -0.1) is 11.6 Å². The van der Waals surface area contributed by atoms with E-state index in [0.717, 1.165) is 19.3 Å². The van der Waals surface area contributed by atoms with Crippen LogP contribution in [0, 0.1) is 0 Å². The summed E-state index contributed by atoms with van der Waals surface area (Å²) >= 11 is 5.87. The minimum atomic E-state index is -0.272. The number of rotatable bonds is 7. The Labute approximate surface area is 115 Å². The Bertz CT molecular complexity index is 360. The van der Waals surface area contributed by atoms with Crippen LogP contribution < -0.4 is 5.32 Å². The molecule has 1 aromatic rings. The Morgan fingerprint density at radius 1 is 1.33 bits per heavy atom. The van der Waals surface area contributed by atoms with E-state index in [1.165, 1.54) is 5.56 Å². The van der Waals surface area contributed by atoms with E-state index in [4.69, 9.17) is 11.6 Å². The van der Waals surface area contributed by atoms with Crippen molar-refractivity contribution in [3.8, 4) is 0 Å². The Balaban J connectivity index is 2.30. The molecule has 1 amide bonds. The van der Waals surface area contributed by atoms with Gasteiger partial charge in [-0.25, -0.2) is 0 Å². The molecule has 0 heterocycles. The molecule has 0 radical (unpaired) electrons. The van der Waals surface area contributed by atoms with E-state index in [9.17, 15) is 4.79 Å². The summed E-state index contributed by atoms with van der Waals surface area (Å²) in [6.45, 7) is 4.02. The zero-order valence-corrected chi connectivity index (χ0v) is 12.0. The summed E-state index contributed by atoms with van der Waals surface area (Å²) in [5.41, 5.74) is 1.01. The third kappa shape index (κ3) is 5.09. The molecule has 1 rings (SSSR count). The molecule has 0 aliphatic carbocycles. The van der Waals surface area contributed by atoms with Crippen molar-refractivity contribution in [2.24, 2.45) is 0 Å². The van der Waals surface area contributed by atoms with Crippen molar-refractivity contribution < 1.29 is 4.79 Å². The van der Waals surface area contributed by atoms with Gasteiger partial charge in [-0.3, -0.25) is 4.79 Å². The molecule has 0 aliphatic rings. The first-order chi connectivity index (χ1) is 8.59. The second-order valence-corrected chi connectivity index (χ2v) is 5.20. The lowest BCUT2D eigenvalue weighted by Crippen LogP contribution is -2.47. The zero-order chi connectivity index (χ0) is 13.4. The summed E-state index contributed by atoms with van der Waals surface area (Å²) < 4.78 is 0. The fourth-order valence-corrected chi connectivity index (χ4v) is 1.97. The first-order valence-corrected chi connectivity index (χ1v) is 7.04. The Morgan fingerprint density at radius 3 is 2.56 bits per heavy atom. The average Bonchev–Trinajstić information content (AvgIpc) is 2.40. The van der Waals surface area contributed by atoms with Crippen LogP contribution in [0.25, 0.3) is 0 Å². The van der Waals surface area contributed by atoms with E-state index in [1.807, 2.05) is 32.0 Å². The van der Waals surface area contributed by atoms with E-state index in [1.54, 1.807) is 0 Å². The SMILES string of the molecule is CCC(C)(CCl)NC(=O)CCCc1ccccc1. The Hall–Kier alpha value is -1.02. The molecule has 0 aliphatic heterocycles. The first-order valence-electron chi connectivity index (χ1n) is 6.50. The molecule has 3 heteroatoms. The second-order valence-electron chi connectivity index (χ2n) is 4.94. The maximum absolute atomic E-state index is 11.8. The summed E-state index contributed by atoms with van der Waals surface area (Å²) in [7, 11) is 0. The summed E-state index contributed by atoms with van der Waals surface area (Å²) in [5.74, 6) is 0.546. The van der Waals surface area contributed by atoms with Crippen LogP contribution in [0.4, 0.5) is 0 Å². The van der Waals surface area contributed by atoms with Crippen LogP contribution in [0.15, 0.2) is 30.3 Å². The summed E-state index contributed by atoms with van der Waals surface area (Å²) in [6.07, 6.45) is 3.22. The van der Waals surface area contributed by atoms with Crippen molar-refractivity contribution in [3.63, 3.8) is 0 Å². The van der Waals surface area contributed by atoms with Crippen molar-refractivity contribution >= 4 is 17.5 Å². The first kappa shape index (κ1) is 15.0. The van der Waals surface area contributed by atoms with Gasteiger partial charge in [-0.2, -0.15) is 0 Å². The van der Waals surface area contributed by atoms with Crippen molar-refractivity contribution in [2.45, 2.75) is 45.1 Å². The highest BCUT2D eigenvalue weighted by Crippen LogP contribution is 2.12. The molecule has 0 aromatic heterocycles. The fraction of sp³-hybridized carbons (Fsp3) is 0.533. The number of aryl methyl sites for hydroxylation is 1. The number of carbonyl (C=O) groups excluding carboxylic acids is 1. The summed E-state index contributed by atoms with van der Waals surface area (Å²) in [4.78, 5) is 11.8. The number of alkyl halides is 1. The predicted molar refractivity (Wildman–Crippen MR) is 76.9 cm³/mol. The van der Waals surface area contributed by atoms with Crippen molar-refractivity contribution in [3.05, 3.63) is 35.9 Å². The fourth-order valence-electron chi connectivity index (χ4n) is 1.71. The minimum Gasteiger partial charge on any atom is -0.350 e. The van der Waals surface area contributed by atoms with Crippen LogP contribution >= 0.6 is 11.6 Å². The molecule has 0 saturated heterocycles. The predicted octanol–water partition coefficient (Wildman–Crippen LogP) is 3.53. The highest BCUT2D eigenvalue weighted by molar-refractivity contribution is 6.18. The van der Waals surface area contributed by atoms with Gasteiger partial charge in [0.1, 0.15) is 0 Å². The van der Waals surface area contributed by atoms with Gasteiger partial charge in [0.2, 0.25) is 5.91 Å². The van der Waals surface area contributed by atoms with Crippen molar-refractivity contribution in [1.29, 1.82) is 0 Å². The molecule has 1 aromatic carbocycles. The molecule has 1 atom stereocenters. The van der Waals surface area contributed by atoms with Gasteiger partial charge in [0.25, 0.3) is 0 Å². The van der Waals surface area contributed by atoms with E-state index in [-0.39, 0.29) is 11.4 Å². The molecule has 100 valence electrons. The van der Waals surface area contributed by atoms with Crippen LogP contribution in [-0.2, 0) is 11.2 Å². The number of carbonyl (C=O) groups is 1. The third-order valence-electron chi connectivity index (χ3n) is 3.23. The van der Waals surface area contributed by atoms with Crippen molar-refractivity contribution in [1.82, 2.24) is 5.32 Å². The number of benzene rings is 1. The van der Waals surface area contributed by atoms with Gasteiger partial charge in [-0.05, 0) is 31.7 Å². The largest absolute Gasteiger partial charge is 0.350 e. The van der Waals surface area contributed by atoms with Crippen LogP contribution in [0.1, 0.15) is 38.7 Å². The summed E-state index contributed by atoms with van der Waals surface area (Å²) in [6, 6.07) is 10.2. The van der Waals surface area contributed by atoms with Gasteiger partial charge in [0.15, 0.2) is 0 Å². The molecule has 1 unspecified atom stereocenters. The molecule has 18 heavy (non-hydrogen) atoms. The quantitative estimate of drug-likeness (QED) is 0.753. The topological polar surface area (TPSA) is 29.1 Å². The molecule has 1 N–H and O–H groups in total.